The van der Waals surface area contributed by atoms with Crippen molar-refractivity contribution in [3.63, 3.8) is 0 Å². The van der Waals surface area contributed by atoms with Gasteiger partial charge in [-0.2, -0.15) is 4.31 Å². The van der Waals surface area contributed by atoms with Gasteiger partial charge in [0.25, 0.3) is 0 Å². The van der Waals surface area contributed by atoms with Gasteiger partial charge in [0.2, 0.25) is 21.8 Å². The molecule has 0 radical (unpaired) electrons. The summed E-state index contributed by atoms with van der Waals surface area (Å²) in [6.07, 6.45) is 2.02. The molecule has 2 aliphatic heterocycles. The van der Waals surface area contributed by atoms with E-state index in [4.69, 9.17) is 0 Å². The second kappa shape index (κ2) is 8.43. The van der Waals surface area contributed by atoms with Crippen molar-refractivity contribution in [2.75, 3.05) is 18.0 Å². The summed E-state index contributed by atoms with van der Waals surface area (Å²) in [5.74, 6) is -0.497. The summed E-state index contributed by atoms with van der Waals surface area (Å²) in [4.78, 5) is 27.0. The highest BCUT2D eigenvalue weighted by atomic mass is 32.2. The molecule has 2 heterocycles. The number of fused-ring (bicyclic) bond motifs is 1. The second-order valence-corrected chi connectivity index (χ2v) is 10.1. The molecule has 1 N–H and O–H groups in total. The fourth-order valence-corrected chi connectivity index (χ4v) is 5.94. The van der Waals surface area contributed by atoms with Gasteiger partial charge in [-0.15, -0.1) is 0 Å². The summed E-state index contributed by atoms with van der Waals surface area (Å²) in [5, 5.41) is 2.93. The molecular formula is C23H27N3O4S. The largest absolute Gasteiger partial charge is 0.350 e. The van der Waals surface area contributed by atoms with Gasteiger partial charge in [-0.1, -0.05) is 24.3 Å². The number of hydrogen-bond donors (Lipinski definition) is 1. The van der Waals surface area contributed by atoms with Gasteiger partial charge >= 0.3 is 0 Å². The van der Waals surface area contributed by atoms with Gasteiger partial charge in [0.1, 0.15) is 6.04 Å². The predicted octanol–water partition coefficient (Wildman–Crippen LogP) is 2.37. The minimum absolute atomic E-state index is 0.220. The molecule has 0 aromatic heterocycles. The first-order valence-electron chi connectivity index (χ1n) is 10.5. The van der Waals surface area contributed by atoms with Crippen molar-refractivity contribution in [1.82, 2.24) is 9.62 Å². The SMILES string of the molecule is CC(=O)N1c2ccc(S(=O)(=O)N3CCCC3)cc2C[C@H]1C(=O)NCc1ccccc1C. The van der Waals surface area contributed by atoms with E-state index < -0.39 is 16.1 Å². The molecule has 2 aromatic carbocycles. The molecule has 31 heavy (non-hydrogen) atoms. The summed E-state index contributed by atoms with van der Waals surface area (Å²) in [6, 6.07) is 11.9. The molecule has 8 heteroatoms. The molecule has 2 aliphatic rings. The minimum atomic E-state index is -3.56. The molecule has 1 fully saturated rings. The first kappa shape index (κ1) is 21.5. The monoisotopic (exact) mass is 441 g/mol. The Labute approximate surface area is 183 Å². The van der Waals surface area contributed by atoms with Crippen molar-refractivity contribution in [3.8, 4) is 0 Å². The predicted molar refractivity (Wildman–Crippen MR) is 118 cm³/mol. The number of anilines is 1. The Morgan fingerprint density at radius 2 is 1.81 bits per heavy atom. The number of hydrogen-bond acceptors (Lipinski definition) is 4. The minimum Gasteiger partial charge on any atom is -0.350 e. The van der Waals surface area contributed by atoms with Crippen molar-refractivity contribution in [2.24, 2.45) is 0 Å². The third-order valence-electron chi connectivity index (χ3n) is 6.09. The lowest BCUT2D eigenvalue weighted by atomic mass is 10.1. The van der Waals surface area contributed by atoms with E-state index in [-0.39, 0.29) is 23.1 Å². The second-order valence-electron chi connectivity index (χ2n) is 8.15. The van der Waals surface area contributed by atoms with Crippen LogP contribution in [-0.2, 0) is 32.6 Å². The summed E-state index contributed by atoms with van der Waals surface area (Å²) < 4.78 is 27.3. The van der Waals surface area contributed by atoms with Crippen LogP contribution in [-0.4, -0.2) is 43.7 Å². The topological polar surface area (TPSA) is 86.8 Å². The van der Waals surface area contributed by atoms with Crippen molar-refractivity contribution in [1.29, 1.82) is 0 Å². The maximum atomic E-state index is 13.0. The van der Waals surface area contributed by atoms with Crippen molar-refractivity contribution >= 4 is 27.5 Å². The Balaban J connectivity index is 1.56. The lowest BCUT2D eigenvalue weighted by molar-refractivity contribution is -0.125. The van der Waals surface area contributed by atoms with Crippen LogP contribution in [0.25, 0.3) is 0 Å². The number of nitrogens with one attached hydrogen (secondary N) is 1. The first-order chi connectivity index (χ1) is 14.8. The number of aryl methyl sites for hydroxylation is 1. The first-order valence-corrected chi connectivity index (χ1v) is 12.0. The molecule has 0 saturated carbocycles. The number of carbonyl (C=O) groups excluding carboxylic acids is 2. The van der Waals surface area contributed by atoms with Crippen molar-refractivity contribution in [2.45, 2.75) is 50.6 Å². The Kier molecular flexibility index (Phi) is 5.85. The standard InChI is InChI=1S/C23H27N3O4S/c1-16-7-3-4-8-18(16)15-24-23(28)22-14-19-13-20(9-10-21(19)26(22)17(2)27)31(29,30)25-11-5-6-12-25/h3-4,7-10,13,22H,5-6,11-12,14-15H2,1-2H3,(H,24,28)/t22-/m0/s1. The fraction of sp³-hybridized carbons (Fsp3) is 0.391. The number of nitrogens with zero attached hydrogens (tertiary/aromatic N) is 2. The zero-order valence-electron chi connectivity index (χ0n) is 17.8. The van der Waals surface area contributed by atoms with E-state index in [2.05, 4.69) is 5.32 Å². The smallest absolute Gasteiger partial charge is 0.243 e. The van der Waals surface area contributed by atoms with Gasteiger partial charge in [0.15, 0.2) is 0 Å². The quantitative estimate of drug-likeness (QED) is 0.772. The fourth-order valence-electron chi connectivity index (χ4n) is 4.37. The molecule has 164 valence electrons. The third-order valence-corrected chi connectivity index (χ3v) is 7.99. The zero-order chi connectivity index (χ0) is 22.2. The maximum Gasteiger partial charge on any atom is 0.243 e. The van der Waals surface area contributed by atoms with E-state index in [1.807, 2.05) is 31.2 Å². The highest BCUT2D eigenvalue weighted by molar-refractivity contribution is 7.89. The zero-order valence-corrected chi connectivity index (χ0v) is 18.6. The molecule has 1 saturated heterocycles. The maximum absolute atomic E-state index is 13.0. The van der Waals surface area contributed by atoms with Gasteiger partial charge in [0.05, 0.1) is 4.90 Å². The molecule has 0 spiro atoms. The van der Waals surface area contributed by atoms with Crippen LogP contribution in [0.5, 0.6) is 0 Å². The van der Waals surface area contributed by atoms with Crippen LogP contribution in [0.3, 0.4) is 0 Å². The Hall–Kier alpha value is -2.71. The summed E-state index contributed by atoms with van der Waals surface area (Å²) in [5.41, 5.74) is 3.40. The molecular weight excluding hydrogens is 414 g/mol. The van der Waals surface area contributed by atoms with Crippen LogP contribution in [0, 0.1) is 6.92 Å². The van der Waals surface area contributed by atoms with Crippen molar-refractivity contribution < 1.29 is 18.0 Å². The number of benzene rings is 2. The molecule has 1 atom stereocenters. The number of amides is 2. The average Bonchev–Trinajstić information content (AvgIpc) is 3.40. The van der Waals surface area contributed by atoms with Gasteiger partial charge in [-0.25, -0.2) is 8.42 Å². The summed E-state index contributed by atoms with van der Waals surface area (Å²) in [6.45, 7) is 4.84. The van der Waals surface area contributed by atoms with Gasteiger partial charge in [-0.3, -0.25) is 14.5 Å². The van der Waals surface area contributed by atoms with E-state index in [9.17, 15) is 18.0 Å². The molecule has 2 aromatic rings. The van der Waals surface area contributed by atoms with Crippen LogP contribution < -0.4 is 10.2 Å². The highest BCUT2D eigenvalue weighted by Crippen LogP contribution is 2.35. The lowest BCUT2D eigenvalue weighted by Gasteiger charge is -2.23. The molecule has 0 aliphatic carbocycles. The third kappa shape index (κ3) is 4.09. The van der Waals surface area contributed by atoms with E-state index in [0.29, 0.717) is 30.9 Å². The van der Waals surface area contributed by atoms with Gasteiger partial charge < -0.3 is 5.32 Å². The Morgan fingerprint density at radius 3 is 2.48 bits per heavy atom. The van der Waals surface area contributed by atoms with E-state index in [1.54, 1.807) is 12.1 Å². The molecule has 4 rings (SSSR count). The van der Waals surface area contributed by atoms with E-state index in [0.717, 1.165) is 24.0 Å². The van der Waals surface area contributed by atoms with Crippen LogP contribution in [0.1, 0.15) is 36.5 Å². The van der Waals surface area contributed by atoms with Gasteiger partial charge in [-0.05, 0) is 54.7 Å². The van der Waals surface area contributed by atoms with E-state index >= 15 is 0 Å². The molecule has 0 unspecified atom stereocenters. The molecule has 0 bridgehead atoms. The average molecular weight is 442 g/mol. The molecule has 2 amide bonds. The number of rotatable bonds is 5. The number of carbonyl (C=O) groups is 2. The summed E-state index contributed by atoms with van der Waals surface area (Å²) in [7, 11) is -3.56. The lowest BCUT2D eigenvalue weighted by Crippen LogP contribution is -2.47. The van der Waals surface area contributed by atoms with Crippen LogP contribution in [0.4, 0.5) is 5.69 Å². The van der Waals surface area contributed by atoms with Crippen LogP contribution in [0.2, 0.25) is 0 Å². The van der Waals surface area contributed by atoms with Crippen LogP contribution >= 0.6 is 0 Å². The van der Waals surface area contributed by atoms with E-state index in [1.165, 1.54) is 22.2 Å². The molecule has 7 nitrogen and oxygen atoms in total. The highest BCUT2D eigenvalue weighted by Gasteiger charge is 2.38. The van der Waals surface area contributed by atoms with Gasteiger partial charge in [0, 0.05) is 38.7 Å². The Morgan fingerprint density at radius 1 is 1.10 bits per heavy atom. The normalized spacial score (nSPS) is 18.8. The van der Waals surface area contributed by atoms with Crippen molar-refractivity contribution in [3.05, 3.63) is 59.2 Å². The van der Waals surface area contributed by atoms with Crippen LogP contribution in [0.15, 0.2) is 47.4 Å². The number of sulfonamides is 1. The summed E-state index contributed by atoms with van der Waals surface area (Å²) >= 11 is 0. The Bertz CT molecular complexity index is 1120.